The molecule has 0 aromatic carbocycles. The summed E-state index contributed by atoms with van der Waals surface area (Å²) in [7, 11) is 0. The quantitative estimate of drug-likeness (QED) is 0.364. The highest BCUT2D eigenvalue weighted by molar-refractivity contribution is 8.01. The van der Waals surface area contributed by atoms with Crippen molar-refractivity contribution in [1.82, 2.24) is 10.2 Å². The van der Waals surface area contributed by atoms with Crippen LogP contribution >= 0.6 is 23.1 Å². The maximum atomic E-state index is 11.3. The van der Waals surface area contributed by atoms with Gasteiger partial charge >= 0.3 is 5.97 Å². The fourth-order valence-corrected chi connectivity index (χ4v) is 2.28. The molecule has 7 nitrogen and oxygen atoms in total. The van der Waals surface area contributed by atoms with Gasteiger partial charge in [0.05, 0.1) is 18.4 Å². The monoisotopic (exact) mass is 295 g/mol. The molecule has 1 aromatic rings. The molecule has 0 amide bonds. The average molecular weight is 295 g/mol. The Morgan fingerprint density at radius 3 is 3.00 bits per heavy atom. The third-order valence-electron chi connectivity index (χ3n) is 1.62. The number of hydrogen-bond acceptors (Lipinski definition) is 9. The topological polar surface area (TPSA) is 112 Å². The Bertz CT molecular complexity index is 555. The van der Waals surface area contributed by atoms with E-state index in [1.54, 1.807) is 13.0 Å². The van der Waals surface area contributed by atoms with Crippen molar-refractivity contribution in [3.05, 3.63) is 11.8 Å². The van der Waals surface area contributed by atoms with Crippen LogP contribution in [0, 0.1) is 22.7 Å². The summed E-state index contributed by atoms with van der Waals surface area (Å²) in [6.45, 7) is 1.86. The van der Waals surface area contributed by atoms with Crippen molar-refractivity contribution >= 4 is 34.2 Å². The number of carbonyl (C=O) groups excluding carboxylic acids is 1. The van der Waals surface area contributed by atoms with Crippen LogP contribution in [-0.2, 0) is 9.53 Å². The summed E-state index contributed by atoms with van der Waals surface area (Å²) in [5.74, 6) is -0.405. The molecule has 98 valence electrons. The van der Waals surface area contributed by atoms with Crippen LogP contribution in [0.25, 0.3) is 0 Å². The van der Waals surface area contributed by atoms with Gasteiger partial charge in [-0.15, -0.1) is 10.2 Å². The van der Waals surface area contributed by atoms with E-state index in [9.17, 15) is 4.79 Å². The van der Waals surface area contributed by atoms with Gasteiger partial charge < -0.3 is 10.1 Å². The van der Waals surface area contributed by atoms with Gasteiger partial charge in [-0.3, -0.25) is 0 Å². The molecular formula is C10H9N5O2S2. The normalized spacial score (nSPS) is 10.4. The maximum Gasteiger partial charge on any atom is 0.350 e. The third kappa shape index (κ3) is 4.95. The van der Waals surface area contributed by atoms with Crippen LogP contribution in [0.3, 0.4) is 0 Å². The van der Waals surface area contributed by atoms with Gasteiger partial charge in [-0.2, -0.15) is 10.5 Å². The highest BCUT2D eigenvalue weighted by Crippen LogP contribution is 2.25. The summed E-state index contributed by atoms with van der Waals surface area (Å²) < 4.78 is 5.33. The number of carbonyl (C=O) groups is 1. The van der Waals surface area contributed by atoms with Crippen molar-refractivity contribution in [2.75, 3.05) is 17.7 Å². The number of aromatic nitrogens is 2. The van der Waals surface area contributed by atoms with Crippen LogP contribution in [0.4, 0.5) is 5.13 Å². The SMILES string of the molecule is CCOC(=O)C(C#N)=CNc1nnc(SCC#N)s1. The molecule has 0 unspecified atom stereocenters. The van der Waals surface area contributed by atoms with E-state index in [4.69, 9.17) is 15.3 Å². The summed E-state index contributed by atoms with van der Waals surface area (Å²) in [6.07, 6.45) is 1.22. The van der Waals surface area contributed by atoms with Crippen molar-refractivity contribution in [3.63, 3.8) is 0 Å². The van der Waals surface area contributed by atoms with Gasteiger partial charge in [-0.05, 0) is 6.92 Å². The number of nitrogens with one attached hydrogen (secondary N) is 1. The van der Waals surface area contributed by atoms with Gasteiger partial charge in [-0.1, -0.05) is 23.1 Å². The number of hydrogen-bond donors (Lipinski definition) is 1. The minimum Gasteiger partial charge on any atom is -0.462 e. The zero-order valence-electron chi connectivity index (χ0n) is 9.91. The molecule has 9 heteroatoms. The van der Waals surface area contributed by atoms with Crippen molar-refractivity contribution < 1.29 is 9.53 Å². The van der Waals surface area contributed by atoms with Crippen LogP contribution in [-0.4, -0.2) is 28.5 Å². The predicted octanol–water partition coefficient (Wildman–Crippen LogP) is 1.54. The summed E-state index contributed by atoms with van der Waals surface area (Å²) >= 11 is 2.48. The second-order valence-corrected chi connectivity index (χ2v) is 5.05. The van der Waals surface area contributed by atoms with Crippen LogP contribution in [0.15, 0.2) is 16.1 Å². The molecule has 0 atom stereocenters. The Morgan fingerprint density at radius 2 is 2.37 bits per heavy atom. The first kappa shape index (κ1) is 15.0. The van der Waals surface area contributed by atoms with Gasteiger partial charge in [0, 0.05) is 6.20 Å². The molecule has 0 fully saturated rings. The number of thioether (sulfide) groups is 1. The molecule has 19 heavy (non-hydrogen) atoms. The molecule has 1 heterocycles. The molecule has 0 aliphatic rings. The lowest BCUT2D eigenvalue weighted by atomic mass is 10.3. The Morgan fingerprint density at radius 1 is 1.58 bits per heavy atom. The van der Waals surface area contributed by atoms with Crippen molar-refractivity contribution in [3.8, 4) is 12.1 Å². The summed E-state index contributed by atoms with van der Waals surface area (Å²) in [5, 5.41) is 28.0. The largest absolute Gasteiger partial charge is 0.462 e. The fraction of sp³-hybridized carbons (Fsp3) is 0.300. The smallest absolute Gasteiger partial charge is 0.350 e. The molecule has 0 radical (unpaired) electrons. The molecule has 1 N–H and O–H groups in total. The van der Waals surface area contributed by atoms with E-state index in [1.165, 1.54) is 29.3 Å². The molecule has 1 aromatic heterocycles. The first-order valence-electron chi connectivity index (χ1n) is 5.08. The number of ether oxygens (including phenoxy) is 1. The lowest BCUT2D eigenvalue weighted by molar-refractivity contribution is -0.138. The molecule has 0 saturated carbocycles. The number of nitriles is 2. The van der Waals surface area contributed by atoms with Gasteiger partial charge in [0.25, 0.3) is 0 Å². The molecule has 0 saturated heterocycles. The van der Waals surface area contributed by atoms with Crippen LogP contribution in [0.5, 0.6) is 0 Å². The maximum absolute atomic E-state index is 11.3. The van der Waals surface area contributed by atoms with E-state index in [0.717, 1.165) is 0 Å². The fourth-order valence-electron chi connectivity index (χ4n) is 0.900. The van der Waals surface area contributed by atoms with Crippen molar-refractivity contribution in [2.24, 2.45) is 0 Å². The van der Waals surface area contributed by atoms with Crippen LogP contribution in [0.1, 0.15) is 6.92 Å². The highest BCUT2D eigenvalue weighted by Gasteiger charge is 2.10. The molecule has 1 rings (SSSR count). The summed E-state index contributed by atoms with van der Waals surface area (Å²) in [6, 6.07) is 3.71. The zero-order chi connectivity index (χ0) is 14.1. The lowest BCUT2D eigenvalue weighted by Crippen LogP contribution is -2.07. The standard InChI is InChI=1S/C10H9N5O2S2/c1-2-17-8(16)7(5-12)6-13-9-14-15-10(19-9)18-4-3-11/h6H,2,4H2,1H3,(H,13,14). The summed E-state index contributed by atoms with van der Waals surface area (Å²) in [4.78, 5) is 11.3. The summed E-state index contributed by atoms with van der Waals surface area (Å²) in [5.41, 5.74) is -0.150. The van der Waals surface area contributed by atoms with E-state index < -0.39 is 5.97 Å². The van der Waals surface area contributed by atoms with Gasteiger partial charge in [0.2, 0.25) is 5.13 Å². The van der Waals surface area contributed by atoms with Crippen molar-refractivity contribution in [2.45, 2.75) is 11.3 Å². The molecule has 0 aliphatic carbocycles. The first-order valence-corrected chi connectivity index (χ1v) is 6.88. The highest BCUT2D eigenvalue weighted by atomic mass is 32.2. The van der Waals surface area contributed by atoms with E-state index >= 15 is 0 Å². The molecular weight excluding hydrogens is 286 g/mol. The Balaban J connectivity index is 2.64. The van der Waals surface area contributed by atoms with E-state index in [2.05, 4.69) is 15.5 Å². The Hall–Kier alpha value is -2.10. The van der Waals surface area contributed by atoms with E-state index in [0.29, 0.717) is 9.47 Å². The average Bonchev–Trinajstić information content (AvgIpc) is 2.85. The Kier molecular flexibility index (Phi) is 6.36. The van der Waals surface area contributed by atoms with Gasteiger partial charge in [0.1, 0.15) is 6.07 Å². The van der Waals surface area contributed by atoms with E-state index in [-0.39, 0.29) is 17.9 Å². The van der Waals surface area contributed by atoms with E-state index in [1.807, 2.05) is 6.07 Å². The van der Waals surface area contributed by atoms with Crippen LogP contribution in [0.2, 0.25) is 0 Å². The van der Waals surface area contributed by atoms with Gasteiger partial charge in [-0.25, -0.2) is 4.79 Å². The molecule has 0 bridgehead atoms. The predicted molar refractivity (Wildman–Crippen MR) is 70.2 cm³/mol. The second kappa shape index (κ2) is 8.08. The van der Waals surface area contributed by atoms with Crippen molar-refractivity contribution in [1.29, 1.82) is 10.5 Å². The lowest BCUT2D eigenvalue weighted by Gasteiger charge is -1.99. The third-order valence-corrected chi connectivity index (χ3v) is 3.48. The molecule has 0 aliphatic heterocycles. The minimum absolute atomic E-state index is 0.150. The Labute approximate surface area is 117 Å². The number of rotatable bonds is 6. The zero-order valence-corrected chi connectivity index (χ0v) is 11.5. The van der Waals surface area contributed by atoms with Gasteiger partial charge in [0.15, 0.2) is 9.91 Å². The first-order chi connectivity index (χ1) is 9.21. The number of anilines is 1. The minimum atomic E-state index is -0.693. The van der Waals surface area contributed by atoms with Crippen LogP contribution < -0.4 is 5.32 Å². The second-order valence-electron chi connectivity index (χ2n) is 2.85. The molecule has 0 spiro atoms. The number of nitrogens with zero attached hydrogens (tertiary/aromatic N) is 4. The number of esters is 1.